The van der Waals surface area contributed by atoms with Crippen LogP contribution in [0.15, 0.2) is 18.2 Å². The van der Waals surface area contributed by atoms with Crippen molar-refractivity contribution in [2.45, 2.75) is 13.0 Å². The van der Waals surface area contributed by atoms with E-state index in [1.54, 1.807) is 11.3 Å². The molecule has 0 fully saturated rings. The second-order valence-corrected chi connectivity index (χ2v) is 4.67. The Balaban J connectivity index is 2.51. The summed E-state index contributed by atoms with van der Waals surface area (Å²) in [6, 6.07) is 6.11. The summed E-state index contributed by atoms with van der Waals surface area (Å²) in [6.45, 7) is 2.10. The van der Waals surface area contributed by atoms with Crippen molar-refractivity contribution in [1.29, 1.82) is 0 Å². The zero-order valence-electron chi connectivity index (χ0n) is 8.04. The van der Waals surface area contributed by atoms with Crippen LogP contribution in [0.1, 0.15) is 18.0 Å². The van der Waals surface area contributed by atoms with Crippen molar-refractivity contribution in [3.05, 3.63) is 28.2 Å². The van der Waals surface area contributed by atoms with Crippen LogP contribution in [0.4, 0.5) is 0 Å². The zero-order chi connectivity index (χ0) is 10.1. The van der Waals surface area contributed by atoms with Crippen molar-refractivity contribution >= 4 is 33.2 Å². The quantitative estimate of drug-likeness (QED) is 0.851. The molecule has 0 aliphatic rings. The van der Waals surface area contributed by atoms with Crippen LogP contribution in [0.25, 0.3) is 10.2 Å². The number of rotatable bonds is 2. The maximum Gasteiger partial charge on any atom is 0.111 e. The Morgan fingerprint density at radius 2 is 2.29 bits per heavy atom. The summed E-state index contributed by atoms with van der Waals surface area (Å²) in [5, 5.41) is 5.02. The highest BCUT2D eigenvalue weighted by atomic mass is 35.5. The predicted molar refractivity (Wildman–Crippen MR) is 62.1 cm³/mol. The third kappa shape index (κ3) is 1.75. The number of fused-ring (bicyclic) bond motifs is 1. The summed E-state index contributed by atoms with van der Waals surface area (Å²) in [4.78, 5) is 4.52. The normalized spacial score (nSPS) is 13.4. The lowest BCUT2D eigenvalue weighted by Crippen LogP contribution is -2.11. The molecule has 1 atom stereocenters. The number of halogens is 1. The fourth-order valence-corrected chi connectivity index (χ4v) is 2.40. The van der Waals surface area contributed by atoms with Crippen molar-refractivity contribution in [3.8, 4) is 0 Å². The van der Waals surface area contributed by atoms with Crippen molar-refractivity contribution in [2.75, 3.05) is 7.05 Å². The summed E-state index contributed by atoms with van der Waals surface area (Å²) in [5.41, 5.74) is 0.986. The molecule has 0 bridgehead atoms. The van der Waals surface area contributed by atoms with E-state index in [1.807, 2.05) is 25.2 Å². The minimum atomic E-state index is 0.297. The SMILES string of the molecule is CNC(C)c1nc2cc(Cl)ccc2s1. The molecular weight excluding hydrogens is 216 g/mol. The second kappa shape index (κ2) is 3.85. The molecule has 14 heavy (non-hydrogen) atoms. The number of aromatic nitrogens is 1. The first-order chi connectivity index (χ1) is 6.70. The van der Waals surface area contributed by atoms with Gasteiger partial charge in [0, 0.05) is 5.02 Å². The number of nitrogens with one attached hydrogen (secondary N) is 1. The maximum absolute atomic E-state index is 5.89. The zero-order valence-corrected chi connectivity index (χ0v) is 9.62. The van der Waals surface area contributed by atoms with Gasteiger partial charge in [-0.3, -0.25) is 0 Å². The van der Waals surface area contributed by atoms with Gasteiger partial charge in [-0.05, 0) is 32.2 Å². The Kier molecular flexibility index (Phi) is 2.72. The molecule has 1 heterocycles. The summed E-state index contributed by atoms with van der Waals surface area (Å²) in [5.74, 6) is 0. The molecule has 2 aromatic rings. The molecule has 0 aliphatic carbocycles. The average Bonchev–Trinajstić information content (AvgIpc) is 2.59. The standard InChI is InChI=1S/C10H11ClN2S/c1-6(12-2)10-13-8-5-7(11)3-4-9(8)14-10/h3-6,12H,1-2H3. The Morgan fingerprint density at radius 3 is 3.00 bits per heavy atom. The molecule has 0 spiro atoms. The van der Waals surface area contributed by atoms with Gasteiger partial charge >= 0.3 is 0 Å². The van der Waals surface area contributed by atoms with E-state index in [-0.39, 0.29) is 0 Å². The Labute approximate surface area is 91.9 Å². The van der Waals surface area contributed by atoms with E-state index in [0.29, 0.717) is 6.04 Å². The van der Waals surface area contributed by atoms with Gasteiger partial charge in [0.05, 0.1) is 16.3 Å². The fourth-order valence-electron chi connectivity index (χ4n) is 1.23. The molecule has 1 unspecified atom stereocenters. The highest BCUT2D eigenvalue weighted by Gasteiger charge is 2.09. The van der Waals surface area contributed by atoms with Crippen LogP contribution in [-0.4, -0.2) is 12.0 Å². The van der Waals surface area contributed by atoms with Gasteiger partial charge in [0.25, 0.3) is 0 Å². The highest BCUT2D eigenvalue weighted by Crippen LogP contribution is 2.27. The fraction of sp³-hybridized carbons (Fsp3) is 0.300. The first-order valence-electron chi connectivity index (χ1n) is 4.44. The van der Waals surface area contributed by atoms with Crippen molar-refractivity contribution < 1.29 is 0 Å². The molecule has 1 aromatic carbocycles. The average molecular weight is 227 g/mol. The van der Waals surface area contributed by atoms with Crippen molar-refractivity contribution in [1.82, 2.24) is 10.3 Å². The largest absolute Gasteiger partial charge is 0.311 e. The van der Waals surface area contributed by atoms with Crippen molar-refractivity contribution in [3.63, 3.8) is 0 Å². The van der Waals surface area contributed by atoms with E-state index in [2.05, 4.69) is 17.2 Å². The van der Waals surface area contributed by atoms with E-state index in [1.165, 1.54) is 4.70 Å². The molecule has 2 rings (SSSR count). The molecule has 0 saturated heterocycles. The van der Waals surface area contributed by atoms with Gasteiger partial charge in [0.15, 0.2) is 0 Å². The first kappa shape index (κ1) is 9.90. The molecule has 0 radical (unpaired) electrons. The number of thiazole rings is 1. The summed E-state index contributed by atoms with van der Waals surface area (Å²) in [7, 11) is 1.93. The van der Waals surface area contributed by atoms with Gasteiger partial charge in [0.1, 0.15) is 5.01 Å². The number of nitrogens with zero attached hydrogens (tertiary/aromatic N) is 1. The minimum Gasteiger partial charge on any atom is -0.311 e. The minimum absolute atomic E-state index is 0.297. The van der Waals surface area contributed by atoms with Crippen LogP contribution in [0, 0.1) is 0 Å². The Morgan fingerprint density at radius 1 is 1.50 bits per heavy atom. The van der Waals surface area contributed by atoms with E-state index < -0.39 is 0 Å². The van der Waals surface area contributed by atoms with Gasteiger partial charge < -0.3 is 5.32 Å². The Hall–Kier alpha value is -0.640. The Bertz CT molecular complexity index is 452. The molecule has 0 aliphatic heterocycles. The first-order valence-corrected chi connectivity index (χ1v) is 5.63. The smallest absolute Gasteiger partial charge is 0.111 e. The third-order valence-corrected chi connectivity index (χ3v) is 3.62. The van der Waals surface area contributed by atoms with Crippen LogP contribution in [0.5, 0.6) is 0 Å². The topological polar surface area (TPSA) is 24.9 Å². The lowest BCUT2D eigenvalue weighted by Gasteiger charge is -2.03. The van der Waals surface area contributed by atoms with Crippen LogP contribution in [0.2, 0.25) is 5.02 Å². The molecule has 1 aromatic heterocycles. The van der Waals surface area contributed by atoms with Crippen LogP contribution in [-0.2, 0) is 0 Å². The molecule has 0 amide bonds. The molecule has 4 heteroatoms. The lowest BCUT2D eigenvalue weighted by molar-refractivity contribution is 0.649. The molecule has 74 valence electrons. The molecule has 1 N–H and O–H groups in total. The predicted octanol–water partition coefficient (Wildman–Crippen LogP) is 3.23. The van der Waals surface area contributed by atoms with Gasteiger partial charge in [-0.2, -0.15) is 0 Å². The van der Waals surface area contributed by atoms with Crippen molar-refractivity contribution in [2.24, 2.45) is 0 Å². The summed E-state index contributed by atoms with van der Waals surface area (Å²) >= 11 is 7.60. The monoisotopic (exact) mass is 226 g/mol. The lowest BCUT2D eigenvalue weighted by atomic mass is 10.3. The van der Waals surface area contributed by atoms with E-state index >= 15 is 0 Å². The van der Waals surface area contributed by atoms with Gasteiger partial charge in [-0.15, -0.1) is 11.3 Å². The second-order valence-electron chi connectivity index (χ2n) is 3.17. The molecule has 0 saturated carbocycles. The van der Waals surface area contributed by atoms with Gasteiger partial charge in [-0.25, -0.2) is 4.98 Å². The molecule has 2 nitrogen and oxygen atoms in total. The number of hydrogen-bond donors (Lipinski definition) is 1. The summed E-state index contributed by atoms with van der Waals surface area (Å²) < 4.78 is 1.19. The third-order valence-electron chi connectivity index (χ3n) is 2.17. The van der Waals surface area contributed by atoms with Gasteiger partial charge in [0.2, 0.25) is 0 Å². The van der Waals surface area contributed by atoms with E-state index in [0.717, 1.165) is 15.5 Å². The van der Waals surface area contributed by atoms with Crippen LogP contribution < -0.4 is 5.32 Å². The van der Waals surface area contributed by atoms with Crippen LogP contribution >= 0.6 is 22.9 Å². The number of hydrogen-bond acceptors (Lipinski definition) is 3. The summed E-state index contributed by atoms with van der Waals surface area (Å²) in [6.07, 6.45) is 0. The number of benzene rings is 1. The van der Waals surface area contributed by atoms with Crippen LogP contribution in [0.3, 0.4) is 0 Å². The van der Waals surface area contributed by atoms with E-state index in [9.17, 15) is 0 Å². The molecular formula is C10H11ClN2S. The highest BCUT2D eigenvalue weighted by molar-refractivity contribution is 7.18. The maximum atomic E-state index is 5.89. The van der Waals surface area contributed by atoms with Gasteiger partial charge in [-0.1, -0.05) is 11.6 Å². The van der Waals surface area contributed by atoms with E-state index in [4.69, 9.17) is 11.6 Å².